The predicted molar refractivity (Wildman–Crippen MR) is 320 cm³/mol. The number of halogens is 5. The molecule has 9 N–H and O–H groups in total. The van der Waals surface area contributed by atoms with Crippen LogP contribution in [0.3, 0.4) is 0 Å². The molecule has 6 heterocycles. The van der Waals surface area contributed by atoms with Gasteiger partial charge in [0.1, 0.15) is 0 Å². The van der Waals surface area contributed by atoms with Crippen molar-refractivity contribution >= 4 is 109 Å². The second kappa shape index (κ2) is 32.2. The van der Waals surface area contributed by atoms with Crippen LogP contribution in [0.15, 0.2) is 36.4 Å². The Morgan fingerprint density at radius 2 is 1.09 bits per heavy atom. The van der Waals surface area contributed by atoms with Gasteiger partial charge in [-0.2, -0.15) is 0 Å². The van der Waals surface area contributed by atoms with Crippen molar-refractivity contribution in [3.63, 3.8) is 0 Å². The molecule has 2 aromatic carbocycles. The zero-order chi connectivity index (χ0) is 58.8. The van der Waals surface area contributed by atoms with Crippen molar-refractivity contribution in [1.29, 1.82) is 0 Å². The van der Waals surface area contributed by atoms with Crippen LogP contribution in [-0.2, 0) is 21.3 Å². The molecule has 2 atom stereocenters. The zero-order valence-electron chi connectivity index (χ0n) is 46.2. The zero-order valence-corrected chi connectivity index (χ0v) is 50.9. The molecule has 81 heavy (non-hydrogen) atoms. The first-order valence-electron chi connectivity index (χ1n) is 27.2. The van der Waals surface area contributed by atoms with Gasteiger partial charge in [0.25, 0.3) is 11.8 Å². The quantitative estimate of drug-likeness (QED) is 0.0504. The molecular weight excluding hydrogens is 1190 g/mol. The lowest BCUT2D eigenvalue weighted by Crippen LogP contribution is -2.58. The summed E-state index contributed by atoms with van der Waals surface area (Å²) in [5, 5.41) is 28.2. The number of benzene rings is 2. The number of aliphatic hydroxyl groups excluding tert-OH is 2. The third-order valence-electron chi connectivity index (χ3n) is 14.8. The molecular formula is C54H75BrCl4N14O8. The van der Waals surface area contributed by atoms with E-state index in [1.807, 2.05) is 12.1 Å². The van der Waals surface area contributed by atoms with Crippen LogP contribution in [0.4, 0.5) is 23.3 Å². The van der Waals surface area contributed by atoms with Crippen LogP contribution >= 0.6 is 62.3 Å². The number of esters is 2. The third kappa shape index (κ3) is 17.6. The summed E-state index contributed by atoms with van der Waals surface area (Å²) in [6.07, 6.45) is 6.43. The number of nitrogens with zero attached hydrogens (tertiary/aromatic N) is 9. The van der Waals surface area contributed by atoms with Gasteiger partial charge in [0, 0.05) is 98.4 Å². The molecule has 4 aliphatic heterocycles. The van der Waals surface area contributed by atoms with E-state index in [0.717, 1.165) is 95.7 Å². The van der Waals surface area contributed by atoms with Crippen LogP contribution < -0.4 is 37.2 Å². The number of hydrogen-bond acceptors (Lipinski definition) is 20. The third-order valence-corrected chi connectivity index (χ3v) is 16.4. The van der Waals surface area contributed by atoms with Crippen molar-refractivity contribution in [2.24, 2.45) is 0 Å². The van der Waals surface area contributed by atoms with Crippen molar-refractivity contribution in [2.75, 3.05) is 127 Å². The Morgan fingerprint density at radius 1 is 0.654 bits per heavy atom. The van der Waals surface area contributed by atoms with Gasteiger partial charge in [0.05, 0.1) is 38.6 Å². The number of amides is 2. The van der Waals surface area contributed by atoms with Crippen molar-refractivity contribution in [3.05, 3.63) is 90.4 Å². The average molecular weight is 1270 g/mol. The summed E-state index contributed by atoms with van der Waals surface area (Å²) >= 11 is 28.0. The highest BCUT2D eigenvalue weighted by Gasteiger charge is 2.36. The number of methoxy groups -OCH3 is 2. The minimum atomic E-state index is -0.521. The first kappa shape index (κ1) is 65.2. The number of anilines is 4. The summed E-state index contributed by atoms with van der Waals surface area (Å²) in [6.45, 7) is 13.8. The summed E-state index contributed by atoms with van der Waals surface area (Å²) in [5.74, 6) is -0.685. The standard InChI is InChI=1S/C27H37Cl2N7O4.C18H30ClN7O2.C9H8BrClO2/c1-3-19-16-35(25-23(29)32-22(24(30)33-25)26(38)31-8-13-37)11-12-36(19)20-6-9-34(10-7-20)15-17-4-5-18(28)14-21(17)27(39)40-2;1-2-12-11-25(8-9-26(12)13-3-5-21-6-4-13)17-15(19)23-14(16(20)24-17)18(28)22-7-10-27;1-13-9(12)8-4-7(11)3-2-6(8)5-10/h4-5,14,19-20,37H,3,6-13,15-16H2,1-2H3,(H2,30,33)(H,31,38);12-13,21,27H,2-11H2,1H3,(H2,20,24)(H,22,28);2-4H,5H2,1H3/t19-;12-;/m00./s1. The van der Waals surface area contributed by atoms with Crippen LogP contribution in [0.2, 0.25) is 20.4 Å². The number of aromatic nitrogens is 4. The van der Waals surface area contributed by atoms with E-state index >= 15 is 0 Å². The number of likely N-dealkylation sites (tertiary alicyclic amines) is 1. The van der Waals surface area contributed by atoms with Crippen molar-refractivity contribution in [2.45, 2.75) is 88.4 Å². The number of alkyl halides is 1. The van der Waals surface area contributed by atoms with Gasteiger partial charge in [-0.15, -0.1) is 0 Å². The fourth-order valence-electron chi connectivity index (χ4n) is 10.6. The molecule has 0 radical (unpaired) electrons. The summed E-state index contributed by atoms with van der Waals surface area (Å²) in [7, 11) is 2.73. The van der Waals surface area contributed by atoms with Gasteiger partial charge in [-0.25, -0.2) is 29.5 Å². The van der Waals surface area contributed by atoms with E-state index in [9.17, 15) is 19.2 Å². The van der Waals surface area contributed by atoms with Crippen LogP contribution in [0.5, 0.6) is 0 Å². The lowest BCUT2D eigenvalue weighted by molar-refractivity contribution is 0.0575. The number of carbonyl (C=O) groups is 4. The maximum absolute atomic E-state index is 12.3. The summed E-state index contributed by atoms with van der Waals surface area (Å²) in [4.78, 5) is 76.9. The molecule has 0 unspecified atom stereocenters. The van der Waals surface area contributed by atoms with Gasteiger partial charge < -0.3 is 56.9 Å². The second-order valence-corrected chi connectivity index (χ2v) is 22.0. The predicted octanol–water partition coefficient (Wildman–Crippen LogP) is 5.55. The maximum atomic E-state index is 12.3. The van der Waals surface area contributed by atoms with Crippen molar-refractivity contribution < 1.29 is 38.9 Å². The second-order valence-electron chi connectivity index (χ2n) is 19.8. The van der Waals surface area contributed by atoms with Gasteiger partial charge in [-0.3, -0.25) is 24.3 Å². The Morgan fingerprint density at radius 3 is 1.51 bits per heavy atom. The highest BCUT2D eigenvalue weighted by Crippen LogP contribution is 2.32. The first-order valence-corrected chi connectivity index (χ1v) is 29.8. The summed E-state index contributed by atoms with van der Waals surface area (Å²) in [5.41, 5.74) is 14.8. The number of carbonyl (C=O) groups excluding carboxylic acids is 4. The highest BCUT2D eigenvalue weighted by atomic mass is 79.9. The Hall–Kier alpha value is -4.92. The molecule has 2 amide bonds. The lowest BCUT2D eigenvalue weighted by atomic mass is 9.97. The number of ether oxygens (including phenoxy) is 2. The molecule has 0 aliphatic carbocycles. The van der Waals surface area contributed by atoms with Crippen molar-refractivity contribution in [1.82, 2.24) is 50.6 Å². The molecule has 444 valence electrons. The molecule has 0 bridgehead atoms. The van der Waals surface area contributed by atoms with Gasteiger partial charge in [0.15, 0.2) is 45.0 Å². The van der Waals surface area contributed by atoms with Crippen LogP contribution in [0, 0.1) is 0 Å². The van der Waals surface area contributed by atoms with E-state index < -0.39 is 11.8 Å². The summed E-state index contributed by atoms with van der Waals surface area (Å²) < 4.78 is 9.57. The number of aliphatic hydroxyl groups is 2. The molecule has 2 aromatic heterocycles. The Kier molecular flexibility index (Phi) is 26.0. The van der Waals surface area contributed by atoms with Gasteiger partial charge in [-0.05, 0) is 100 Å². The first-order chi connectivity index (χ1) is 39.0. The van der Waals surface area contributed by atoms with Crippen molar-refractivity contribution in [3.8, 4) is 0 Å². The molecule has 22 nitrogen and oxygen atoms in total. The average Bonchev–Trinajstić information content (AvgIpc) is 3.50. The fourth-order valence-corrected chi connectivity index (χ4v) is 12.0. The molecule has 4 fully saturated rings. The number of nitrogens with two attached hydrogens (primary N) is 2. The monoisotopic (exact) mass is 1270 g/mol. The number of piperidine rings is 2. The van der Waals surface area contributed by atoms with E-state index in [1.165, 1.54) is 27.1 Å². The normalized spacial score (nSPS) is 18.5. The smallest absolute Gasteiger partial charge is 0.338 e. The SMILES string of the molecule is CC[C@H]1CN(c2nc(N)c(C(=O)NCCO)nc2Cl)CCN1C1CCN(Cc2ccc(Cl)cc2C(=O)OC)CC1.CC[C@H]1CN(c2nc(N)c(C(=O)NCCO)nc2Cl)CCN1C1CCNCC1.COC(=O)c1cc(Cl)ccc1CBr. The molecule has 0 spiro atoms. The van der Waals surface area contributed by atoms with E-state index in [-0.39, 0.29) is 71.6 Å². The molecule has 8 rings (SSSR count). The number of rotatable bonds is 17. The Labute approximate surface area is 502 Å². The van der Waals surface area contributed by atoms with E-state index in [2.05, 4.69) is 94.9 Å². The minimum Gasteiger partial charge on any atom is -0.465 e. The number of hydrogen-bond donors (Lipinski definition) is 7. The van der Waals surface area contributed by atoms with Gasteiger partial charge >= 0.3 is 11.9 Å². The highest BCUT2D eigenvalue weighted by molar-refractivity contribution is 9.08. The molecule has 0 saturated carbocycles. The van der Waals surface area contributed by atoms with Crippen LogP contribution in [-0.4, -0.2) is 199 Å². The van der Waals surface area contributed by atoms with E-state index in [1.54, 1.807) is 24.3 Å². The van der Waals surface area contributed by atoms with E-state index in [0.29, 0.717) is 75.4 Å². The molecule has 4 aliphatic rings. The fraction of sp³-hybridized carbons (Fsp3) is 0.556. The minimum absolute atomic E-state index is 0.00809. The largest absolute Gasteiger partial charge is 0.465 e. The van der Waals surface area contributed by atoms with Crippen LogP contribution in [0.25, 0.3) is 0 Å². The summed E-state index contributed by atoms with van der Waals surface area (Å²) in [6, 6.07) is 12.3. The number of nitrogens with one attached hydrogen (secondary N) is 3. The maximum Gasteiger partial charge on any atom is 0.338 e. The Bertz CT molecular complexity index is 2760. The number of nitrogen functional groups attached to an aromatic ring is 2. The molecule has 4 aromatic rings. The Balaban J connectivity index is 0.000000222. The topological polar surface area (TPSA) is 283 Å². The lowest BCUT2D eigenvalue weighted by Gasteiger charge is -2.47. The van der Waals surface area contributed by atoms with E-state index in [4.69, 9.17) is 72.8 Å². The molecule has 4 saturated heterocycles. The van der Waals surface area contributed by atoms with Crippen LogP contribution in [0.1, 0.15) is 105 Å². The van der Waals surface area contributed by atoms with Gasteiger partial charge in [-0.1, -0.05) is 88.3 Å². The number of piperazine rings is 2. The van der Waals surface area contributed by atoms with Gasteiger partial charge in [0.2, 0.25) is 0 Å². The molecule has 27 heteroatoms.